The number of benzene rings is 11. The topological polar surface area (TPSA) is 30.7 Å². The number of hydrogen-bond donors (Lipinski definition) is 0. The predicted octanol–water partition coefficient (Wildman–Crippen LogP) is 21.0. The Kier molecular flexibility index (Phi) is 12.4. The smallest absolute Gasteiger partial charge is 0.0788 e. The van der Waals surface area contributed by atoms with E-state index in [0.29, 0.717) is 0 Å². The Balaban J connectivity index is 0.000000158. The molecule has 3 nitrogen and oxygen atoms in total. The second-order valence-corrected chi connectivity index (χ2v) is 21.9. The third-order valence-electron chi connectivity index (χ3n) is 14.7. The summed E-state index contributed by atoms with van der Waals surface area (Å²) in [6.45, 7) is 0. The molecular formula is C69H44BrN3S2U. The molecule has 0 unspecified atom stereocenters. The summed E-state index contributed by atoms with van der Waals surface area (Å²) in [6, 6.07) is 87.0. The van der Waals surface area contributed by atoms with E-state index < -0.39 is 0 Å². The van der Waals surface area contributed by atoms with Gasteiger partial charge in [0.2, 0.25) is 0 Å². The second-order valence-electron chi connectivity index (χ2n) is 18.9. The van der Waals surface area contributed by atoms with Crippen LogP contribution < -0.4 is 0 Å². The fraction of sp³-hybridized carbons (Fsp3) is 0.0145. The minimum absolute atomic E-state index is 0. The summed E-state index contributed by atoms with van der Waals surface area (Å²) in [4.78, 5) is 10.3. The van der Waals surface area contributed by atoms with E-state index in [4.69, 9.17) is 9.97 Å². The van der Waals surface area contributed by atoms with E-state index in [1.807, 2.05) is 22.7 Å². The van der Waals surface area contributed by atoms with Crippen molar-refractivity contribution in [2.75, 3.05) is 0 Å². The average Bonchev–Trinajstić information content (AvgIpc) is 4.26. The number of rotatable bonds is 4. The van der Waals surface area contributed by atoms with E-state index in [0.717, 1.165) is 38.0 Å². The summed E-state index contributed by atoms with van der Waals surface area (Å²) in [7, 11) is 0. The number of hydrogen-bond acceptors (Lipinski definition) is 4. The average molecular weight is 1300 g/mol. The molecule has 16 aromatic rings. The fourth-order valence-corrected chi connectivity index (χ4v) is 14.2. The van der Waals surface area contributed by atoms with Gasteiger partial charge in [0.15, 0.2) is 0 Å². The van der Waals surface area contributed by atoms with E-state index in [-0.39, 0.29) is 38.5 Å². The first-order valence-electron chi connectivity index (χ1n) is 24.8. The Labute approximate surface area is 479 Å². The molecule has 0 N–H and O–H groups in total. The fourth-order valence-electron chi connectivity index (χ4n) is 11.4. The van der Waals surface area contributed by atoms with E-state index in [9.17, 15) is 0 Å². The molecule has 0 aliphatic heterocycles. The number of para-hydroxylation sites is 4. The number of pyridine rings is 2. The number of aromatic nitrogens is 3. The summed E-state index contributed by atoms with van der Waals surface area (Å²) in [5.74, 6) is 0. The Morgan fingerprint density at radius 2 is 0.763 bits per heavy atom. The summed E-state index contributed by atoms with van der Waals surface area (Å²) < 4.78 is 8.78. The van der Waals surface area contributed by atoms with E-state index in [1.54, 1.807) is 0 Å². The molecule has 0 saturated heterocycles. The van der Waals surface area contributed by atoms with Gasteiger partial charge in [-0.15, -0.1) is 22.7 Å². The van der Waals surface area contributed by atoms with Crippen LogP contribution in [-0.2, 0) is 0 Å². The van der Waals surface area contributed by atoms with Crippen LogP contribution in [0.2, 0.25) is 0 Å². The largest absolute Gasteiger partial charge is 0.309 e. The van der Waals surface area contributed by atoms with Crippen LogP contribution in [0.4, 0.5) is 0 Å². The van der Waals surface area contributed by atoms with Crippen LogP contribution in [0.5, 0.6) is 0 Å². The summed E-state index contributed by atoms with van der Waals surface area (Å²) in [5, 5.41) is 15.2. The molecule has 76 heavy (non-hydrogen) atoms. The molecule has 16 rings (SSSR count). The normalized spacial score (nSPS) is 11.5. The molecule has 0 saturated carbocycles. The van der Waals surface area contributed by atoms with E-state index in [1.165, 1.54) is 111 Å². The number of thiophene rings is 2. The molecule has 0 aliphatic rings. The van der Waals surface area contributed by atoms with Gasteiger partial charge in [0.1, 0.15) is 0 Å². The Bertz CT molecular complexity index is 4910. The molecule has 11 aromatic carbocycles. The molecule has 5 heterocycles. The van der Waals surface area contributed by atoms with Crippen LogP contribution in [0, 0.1) is 31.1 Å². The maximum atomic E-state index is 5.27. The van der Waals surface area contributed by atoms with E-state index >= 15 is 0 Å². The van der Waals surface area contributed by atoms with Crippen molar-refractivity contribution in [1.82, 2.24) is 14.5 Å². The third kappa shape index (κ3) is 7.79. The van der Waals surface area contributed by atoms with Gasteiger partial charge in [-0.2, -0.15) is 0 Å². The Morgan fingerprint density at radius 1 is 0.329 bits per heavy atom. The quantitative estimate of drug-likeness (QED) is 0.164. The summed E-state index contributed by atoms with van der Waals surface area (Å²) in [5.41, 5.74) is 12.4. The first-order valence-corrected chi connectivity index (χ1v) is 27.3. The SMILES string of the molecule is Brc1ccc(-c2nc3ccccc3c3c2ccc2c4ccccc4sc23)cc1.C.[U].c1ccc(-n2c3ccccc3c3c(-c4ccc(-c5nc6ccccc6c6c5ccc5c7ccccc7sc56)cc4)cccc32)cc1. The van der Waals surface area contributed by atoms with Gasteiger partial charge in [-0.25, -0.2) is 9.97 Å². The van der Waals surface area contributed by atoms with Crippen molar-refractivity contribution < 1.29 is 31.1 Å². The third-order valence-corrected chi connectivity index (χ3v) is 17.7. The van der Waals surface area contributed by atoms with Crippen LogP contribution in [-0.4, -0.2) is 14.5 Å². The molecule has 0 aliphatic carbocycles. The number of fused-ring (bicyclic) bond motifs is 17. The van der Waals surface area contributed by atoms with Gasteiger partial charge in [-0.1, -0.05) is 205 Å². The first kappa shape index (κ1) is 48.2. The molecule has 0 radical (unpaired) electrons. The van der Waals surface area contributed by atoms with Crippen molar-refractivity contribution >= 4 is 144 Å². The first-order chi connectivity index (χ1) is 36.6. The van der Waals surface area contributed by atoms with Crippen LogP contribution in [0.15, 0.2) is 247 Å². The second kappa shape index (κ2) is 19.6. The molecule has 5 aromatic heterocycles. The number of halogens is 1. The monoisotopic (exact) mass is 1300 g/mol. The van der Waals surface area contributed by atoms with E-state index in [2.05, 4.69) is 263 Å². The van der Waals surface area contributed by atoms with Crippen molar-refractivity contribution in [3.63, 3.8) is 0 Å². The molecule has 358 valence electrons. The van der Waals surface area contributed by atoms with Gasteiger partial charge in [-0.3, -0.25) is 0 Å². The van der Waals surface area contributed by atoms with Crippen molar-refractivity contribution in [2.24, 2.45) is 0 Å². The molecule has 0 fully saturated rings. The molecular weight excluding hydrogens is 1250 g/mol. The zero-order chi connectivity index (χ0) is 48.9. The van der Waals surface area contributed by atoms with Crippen molar-refractivity contribution in [3.8, 4) is 39.3 Å². The maximum absolute atomic E-state index is 5.27. The van der Waals surface area contributed by atoms with Crippen LogP contribution in [0.3, 0.4) is 0 Å². The predicted molar refractivity (Wildman–Crippen MR) is 329 cm³/mol. The van der Waals surface area contributed by atoms with Gasteiger partial charge in [0.25, 0.3) is 0 Å². The van der Waals surface area contributed by atoms with Crippen LogP contribution in [0.25, 0.3) is 145 Å². The zero-order valence-electron chi connectivity index (χ0n) is 40.1. The van der Waals surface area contributed by atoms with Gasteiger partial charge in [0, 0.05) is 136 Å². The summed E-state index contributed by atoms with van der Waals surface area (Å²) in [6.07, 6.45) is 0. The van der Waals surface area contributed by atoms with Crippen molar-refractivity contribution in [3.05, 3.63) is 247 Å². The molecule has 0 amide bonds. The molecule has 7 heteroatoms. The molecule has 0 bridgehead atoms. The van der Waals surface area contributed by atoms with Crippen molar-refractivity contribution in [2.45, 2.75) is 7.43 Å². The number of nitrogens with zero attached hydrogens (tertiary/aromatic N) is 3. The minimum Gasteiger partial charge on any atom is -0.309 e. The standard InChI is InChI=1S/C43H26N2S.C25H14BrNS.CH4.U/c1-2-11-29(12-3-1)45-37-18-8-5-15-34(37)40-30(16-10-19-38(40)45)27-21-23-28(24-22-27)42-35-26-25-32-31-13-6-9-20-39(31)46-43(32)41(35)33-14-4-7-17-36(33)44-42;26-16-11-9-15(10-12-16)24-20-14-13-18-17-5-2-4-8-22(17)28-25(18)23(20)19-6-1-3-7-21(19)27-24;;/h1-26H;1-14H;1H4;. The van der Waals surface area contributed by atoms with Crippen molar-refractivity contribution in [1.29, 1.82) is 0 Å². The summed E-state index contributed by atoms with van der Waals surface area (Å²) >= 11 is 7.30. The molecule has 0 spiro atoms. The van der Waals surface area contributed by atoms with Gasteiger partial charge >= 0.3 is 0 Å². The Morgan fingerprint density at radius 3 is 1.33 bits per heavy atom. The minimum atomic E-state index is 0. The maximum Gasteiger partial charge on any atom is 0.0788 e. The Hall–Kier alpha value is -7.47. The zero-order valence-corrected chi connectivity index (χ0v) is 47.5. The van der Waals surface area contributed by atoms with Gasteiger partial charge in [0.05, 0.1) is 33.5 Å². The van der Waals surface area contributed by atoms with Crippen LogP contribution in [0.1, 0.15) is 7.43 Å². The molecule has 0 atom stereocenters. The van der Waals surface area contributed by atoms with Gasteiger partial charge in [-0.05, 0) is 71.8 Å². The van der Waals surface area contributed by atoms with Gasteiger partial charge < -0.3 is 4.57 Å². The van der Waals surface area contributed by atoms with Crippen LogP contribution >= 0.6 is 38.6 Å².